The summed E-state index contributed by atoms with van der Waals surface area (Å²) < 4.78 is 9.63. The third-order valence-electron chi connectivity index (χ3n) is 3.10. The molecule has 104 valence electrons. The average molecular weight is 260 g/mol. The van der Waals surface area contributed by atoms with Gasteiger partial charge < -0.3 is 19.7 Å². The molecule has 0 bridgehead atoms. The minimum atomic E-state index is -0.984. The monoisotopic (exact) mass is 260 g/mol. The highest BCUT2D eigenvalue weighted by Crippen LogP contribution is 2.31. The topological polar surface area (TPSA) is 93.1 Å². The number of aliphatic hydroxyl groups is 2. The number of carbonyl (C=O) groups excluding carboxylic acids is 2. The fourth-order valence-corrected chi connectivity index (χ4v) is 2.17. The molecule has 2 N–H and O–H groups in total. The number of hydrogen-bond donors (Lipinski definition) is 2. The SMILES string of the molecule is CCOC(=O)C1CC(O)C(C(=O)OCC)CC1O. The van der Waals surface area contributed by atoms with Gasteiger partial charge in [0, 0.05) is 0 Å². The van der Waals surface area contributed by atoms with Crippen LogP contribution in [-0.2, 0) is 19.1 Å². The second-order valence-corrected chi connectivity index (χ2v) is 4.32. The van der Waals surface area contributed by atoms with Crippen molar-refractivity contribution in [3.63, 3.8) is 0 Å². The van der Waals surface area contributed by atoms with E-state index in [0.29, 0.717) is 0 Å². The van der Waals surface area contributed by atoms with Crippen LogP contribution in [0.5, 0.6) is 0 Å². The predicted octanol–water partition coefficient (Wildman–Crippen LogP) is -0.139. The standard InChI is InChI=1S/C12H20O6/c1-3-17-11(15)7-5-10(14)8(6-9(7)13)12(16)18-4-2/h7-10,13-14H,3-6H2,1-2H3. The van der Waals surface area contributed by atoms with Gasteiger partial charge in [-0.1, -0.05) is 0 Å². The highest BCUT2D eigenvalue weighted by atomic mass is 16.5. The fraction of sp³-hybridized carbons (Fsp3) is 0.833. The van der Waals surface area contributed by atoms with E-state index in [-0.39, 0.29) is 26.1 Å². The lowest BCUT2D eigenvalue weighted by atomic mass is 9.78. The molecule has 1 aliphatic rings. The number of esters is 2. The summed E-state index contributed by atoms with van der Waals surface area (Å²) in [5, 5.41) is 19.7. The van der Waals surface area contributed by atoms with Gasteiger partial charge in [-0.2, -0.15) is 0 Å². The molecular weight excluding hydrogens is 240 g/mol. The Balaban J connectivity index is 2.64. The Bertz CT molecular complexity index is 273. The summed E-state index contributed by atoms with van der Waals surface area (Å²) in [4.78, 5) is 23.1. The van der Waals surface area contributed by atoms with E-state index in [2.05, 4.69) is 0 Å². The van der Waals surface area contributed by atoms with E-state index >= 15 is 0 Å². The molecule has 6 heteroatoms. The number of rotatable bonds is 4. The molecule has 0 aromatic rings. The zero-order valence-electron chi connectivity index (χ0n) is 10.7. The molecule has 0 aliphatic heterocycles. The fourth-order valence-electron chi connectivity index (χ4n) is 2.17. The first-order valence-electron chi connectivity index (χ1n) is 6.20. The van der Waals surface area contributed by atoms with E-state index in [1.54, 1.807) is 13.8 Å². The number of carbonyl (C=O) groups is 2. The summed E-state index contributed by atoms with van der Waals surface area (Å²) in [6.45, 7) is 3.79. The van der Waals surface area contributed by atoms with Crippen molar-refractivity contribution in [2.75, 3.05) is 13.2 Å². The lowest BCUT2D eigenvalue weighted by Gasteiger charge is -2.34. The van der Waals surface area contributed by atoms with Gasteiger partial charge in [-0.15, -0.1) is 0 Å². The van der Waals surface area contributed by atoms with Crippen LogP contribution in [-0.4, -0.2) is 47.6 Å². The van der Waals surface area contributed by atoms with Gasteiger partial charge in [0.1, 0.15) is 0 Å². The van der Waals surface area contributed by atoms with Crippen molar-refractivity contribution >= 4 is 11.9 Å². The second-order valence-electron chi connectivity index (χ2n) is 4.32. The van der Waals surface area contributed by atoms with Crippen LogP contribution < -0.4 is 0 Å². The molecule has 1 aliphatic carbocycles. The minimum absolute atomic E-state index is 0.0173. The van der Waals surface area contributed by atoms with Crippen molar-refractivity contribution in [3.8, 4) is 0 Å². The normalized spacial score (nSPS) is 31.8. The van der Waals surface area contributed by atoms with Gasteiger partial charge in [0.15, 0.2) is 0 Å². The Morgan fingerprint density at radius 1 is 0.944 bits per heavy atom. The molecule has 0 aromatic heterocycles. The van der Waals surface area contributed by atoms with Gasteiger partial charge in [0.2, 0.25) is 0 Å². The van der Waals surface area contributed by atoms with E-state index in [9.17, 15) is 19.8 Å². The number of ether oxygens (including phenoxy) is 2. The molecular formula is C12H20O6. The Morgan fingerprint density at radius 2 is 1.28 bits per heavy atom. The Hall–Kier alpha value is -1.14. The maximum atomic E-state index is 11.5. The Labute approximate surface area is 106 Å². The molecule has 1 saturated carbocycles. The highest BCUT2D eigenvalue weighted by molar-refractivity contribution is 5.76. The third kappa shape index (κ3) is 3.43. The van der Waals surface area contributed by atoms with Crippen LogP contribution in [0.1, 0.15) is 26.7 Å². The molecule has 0 heterocycles. The van der Waals surface area contributed by atoms with E-state index < -0.39 is 36.0 Å². The van der Waals surface area contributed by atoms with Crippen LogP contribution in [0.25, 0.3) is 0 Å². The van der Waals surface area contributed by atoms with E-state index in [1.165, 1.54) is 0 Å². The van der Waals surface area contributed by atoms with Crippen molar-refractivity contribution in [2.24, 2.45) is 11.8 Å². The van der Waals surface area contributed by atoms with E-state index in [0.717, 1.165) is 0 Å². The molecule has 1 rings (SSSR count). The van der Waals surface area contributed by atoms with Gasteiger partial charge in [0.25, 0.3) is 0 Å². The van der Waals surface area contributed by atoms with E-state index in [4.69, 9.17) is 9.47 Å². The van der Waals surface area contributed by atoms with Crippen LogP contribution in [0, 0.1) is 11.8 Å². The summed E-state index contributed by atoms with van der Waals surface area (Å²) in [5.41, 5.74) is 0. The maximum Gasteiger partial charge on any atom is 0.311 e. The quantitative estimate of drug-likeness (QED) is 0.683. The predicted molar refractivity (Wildman–Crippen MR) is 61.5 cm³/mol. The number of hydrogen-bond acceptors (Lipinski definition) is 6. The Kier molecular flexibility index (Phi) is 5.55. The zero-order valence-corrected chi connectivity index (χ0v) is 10.7. The van der Waals surface area contributed by atoms with Crippen molar-refractivity contribution in [3.05, 3.63) is 0 Å². The zero-order chi connectivity index (χ0) is 13.7. The van der Waals surface area contributed by atoms with Crippen molar-refractivity contribution < 1.29 is 29.3 Å². The average Bonchev–Trinajstić information content (AvgIpc) is 2.32. The number of aliphatic hydroxyl groups excluding tert-OH is 2. The van der Waals surface area contributed by atoms with E-state index in [1.807, 2.05) is 0 Å². The first kappa shape index (κ1) is 14.9. The maximum absolute atomic E-state index is 11.5. The van der Waals surface area contributed by atoms with Crippen LogP contribution in [0.15, 0.2) is 0 Å². The lowest BCUT2D eigenvalue weighted by molar-refractivity contribution is -0.167. The highest BCUT2D eigenvalue weighted by Gasteiger charge is 2.43. The van der Waals surface area contributed by atoms with Gasteiger partial charge in [-0.3, -0.25) is 9.59 Å². The summed E-state index contributed by atoms with van der Waals surface area (Å²) in [6, 6.07) is 0. The molecule has 0 aromatic carbocycles. The lowest BCUT2D eigenvalue weighted by Crippen LogP contribution is -2.45. The summed E-state index contributed by atoms with van der Waals surface area (Å²) in [7, 11) is 0. The molecule has 4 unspecified atom stereocenters. The molecule has 18 heavy (non-hydrogen) atoms. The van der Waals surface area contributed by atoms with Crippen LogP contribution >= 0.6 is 0 Å². The summed E-state index contributed by atoms with van der Waals surface area (Å²) in [5.74, 6) is -2.62. The molecule has 0 saturated heterocycles. The van der Waals surface area contributed by atoms with Crippen LogP contribution in [0.3, 0.4) is 0 Å². The smallest absolute Gasteiger partial charge is 0.311 e. The molecule has 0 spiro atoms. The summed E-state index contributed by atoms with van der Waals surface area (Å²) >= 11 is 0. The van der Waals surface area contributed by atoms with Gasteiger partial charge in [-0.05, 0) is 26.7 Å². The first-order valence-corrected chi connectivity index (χ1v) is 6.20. The molecule has 0 amide bonds. The van der Waals surface area contributed by atoms with Crippen LogP contribution in [0.4, 0.5) is 0 Å². The summed E-state index contributed by atoms with van der Waals surface area (Å²) in [6.07, 6.45) is -1.93. The minimum Gasteiger partial charge on any atom is -0.466 e. The van der Waals surface area contributed by atoms with Crippen molar-refractivity contribution in [1.82, 2.24) is 0 Å². The van der Waals surface area contributed by atoms with Crippen molar-refractivity contribution in [2.45, 2.75) is 38.9 Å². The largest absolute Gasteiger partial charge is 0.466 e. The molecule has 0 radical (unpaired) electrons. The third-order valence-corrected chi connectivity index (χ3v) is 3.10. The first-order chi connectivity index (χ1) is 8.51. The Morgan fingerprint density at radius 3 is 1.56 bits per heavy atom. The van der Waals surface area contributed by atoms with Gasteiger partial charge >= 0.3 is 11.9 Å². The molecule has 1 fully saturated rings. The van der Waals surface area contributed by atoms with Gasteiger partial charge in [-0.25, -0.2) is 0 Å². The van der Waals surface area contributed by atoms with Crippen LogP contribution in [0.2, 0.25) is 0 Å². The van der Waals surface area contributed by atoms with Gasteiger partial charge in [0.05, 0.1) is 37.3 Å². The van der Waals surface area contributed by atoms with Crippen molar-refractivity contribution in [1.29, 1.82) is 0 Å². The molecule has 6 nitrogen and oxygen atoms in total. The second kappa shape index (κ2) is 6.70. The molecule has 4 atom stereocenters.